The molecule has 0 saturated heterocycles. The van der Waals surface area contributed by atoms with Gasteiger partial charge in [0.1, 0.15) is 0 Å². The van der Waals surface area contributed by atoms with Gasteiger partial charge in [0, 0.05) is 7.11 Å². The van der Waals surface area contributed by atoms with Gasteiger partial charge in [0.05, 0.1) is 32.5 Å². The molecule has 0 heterocycles. The Morgan fingerprint density at radius 2 is 0.963 bits per heavy atom. The van der Waals surface area contributed by atoms with Gasteiger partial charge in [-0.1, -0.05) is 118 Å². The Kier molecular flexibility index (Phi) is 19.6. The average molecular weight is 1130 g/mol. The summed E-state index contributed by atoms with van der Waals surface area (Å²) in [4.78, 5) is 0.407. The van der Waals surface area contributed by atoms with Gasteiger partial charge in [-0.25, -0.2) is 8.42 Å². The lowest BCUT2D eigenvalue weighted by Gasteiger charge is -2.55. The van der Waals surface area contributed by atoms with E-state index in [4.69, 9.17) is 5.11 Å². The SMILES string of the molecule is C.CC[C@]1(O)CC[C@H]2C(=CC[C@@H]3[C@@H]2CC[C@]2(C)[C@@H]([C@H](C)C(CC4(O)CCC(C)(C)CC4)S(=O)(=O)c4ccccc4)CC[C@@H]32)C1.CC[C@]1(O)CC[C@H]2C(=CC[C@@H]3[C@@H]2CC[C@]2(C)[C@@H]([C@H](C)CCC4(O)CCC(C)(C)CC4)CC[C@@H]32)C1.CO. The zero-order valence-electron chi connectivity index (χ0n) is 52.0. The summed E-state index contributed by atoms with van der Waals surface area (Å²) in [6, 6.07) is 9.05. The van der Waals surface area contributed by atoms with Crippen molar-refractivity contribution >= 4 is 9.84 Å². The predicted molar refractivity (Wildman–Crippen MR) is 330 cm³/mol. The molecule has 456 valence electrons. The molecule has 8 fully saturated rings. The molecular formula is C72H120O7S. The van der Waals surface area contributed by atoms with E-state index in [9.17, 15) is 28.8 Å². The lowest BCUT2D eigenvalue weighted by molar-refractivity contribution is -0.0541. The molecule has 0 aromatic heterocycles. The van der Waals surface area contributed by atoms with Gasteiger partial charge in [0.15, 0.2) is 9.84 Å². The van der Waals surface area contributed by atoms with Crippen LogP contribution in [0.5, 0.6) is 0 Å². The molecular weight excluding hydrogens is 1010 g/mol. The molecule has 0 aliphatic heterocycles. The molecule has 0 radical (unpaired) electrons. The van der Waals surface area contributed by atoms with Gasteiger partial charge in [-0.3, -0.25) is 0 Å². The second-order valence-electron chi connectivity index (χ2n) is 31.9. The quantitative estimate of drug-likeness (QED) is 0.132. The molecule has 1 aromatic carbocycles. The molecule has 17 atom stereocenters. The summed E-state index contributed by atoms with van der Waals surface area (Å²) < 4.78 is 28.9. The van der Waals surface area contributed by atoms with Gasteiger partial charge in [0.2, 0.25) is 0 Å². The zero-order chi connectivity index (χ0) is 57.2. The van der Waals surface area contributed by atoms with Crippen LogP contribution in [0.3, 0.4) is 0 Å². The van der Waals surface area contributed by atoms with Crippen LogP contribution in [0, 0.1) is 92.7 Å². The summed E-state index contributed by atoms with van der Waals surface area (Å²) in [6.45, 7) is 23.5. The van der Waals surface area contributed by atoms with E-state index in [2.05, 4.69) is 81.4 Å². The summed E-state index contributed by atoms with van der Waals surface area (Å²) in [6.07, 6.45) is 35.8. The van der Waals surface area contributed by atoms with Crippen molar-refractivity contribution in [3.05, 3.63) is 53.6 Å². The molecule has 10 aliphatic rings. The highest BCUT2D eigenvalue weighted by Gasteiger charge is 2.60. The van der Waals surface area contributed by atoms with E-state index < -0.39 is 37.5 Å². The molecule has 1 unspecified atom stereocenters. The van der Waals surface area contributed by atoms with Crippen LogP contribution in [-0.2, 0) is 9.84 Å². The first-order chi connectivity index (χ1) is 37.2. The number of hydrogen-bond acceptors (Lipinski definition) is 7. The second kappa shape index (κ2) is 24.3. The molecule has 0 bridgehead atoms. The fourth-order valence-electron chi connectivity index (χ4n) is 21.1. The van der Waals surface area contributed by atoms with E-state index in [1.165, 1.54) is 82.6 Å². The molecule has 8 saturated carbocycles. The number of fused-ring (bicyclic) bond motifs is 10. The standard InChI is InChI=1S/C38H58O4S.C32H54O2.CH4O.CH4/c1-6-37(39)19-17-29-27(24-37)12-13-31-30(29)16-18-36(5)32(14-15-33(31)36)26(2)34(43(41,42)28-10-8-7-9-11-28)25-38(40)22-20-35(3,4)21-23-38;1-6-31(33)16-13-24-23(21-31)7-8-26-25(24)12-14-30(5)27(9-10-28(26)30)22(2)11-15-32(34)19-17-29(3,4)18-20-32;1-2;/h7-12,26,29-34,39-40H,6,13-25H2,1-5H3;7,22,24-28,33-34H,6,8-21H2,1-5H3;2H,1H3;1H4/t26-,29-,30+,31+,32+,33-,34?,36+,37-;22-,24+,25-,26-,27-,28+,30-,31+;;/m01../s1. The summed E-state index contributed by atoms with van der Waals surface area (Å²) in [5.41, 5.74) is 2.16. The first-order valence-corrected chi connectivity index (χ1v) is 34.7. The Morgan fingerprint density at radius 3 is 1.43 bits per heavy atom. The molecule has 10 aliphatic carbocycles. The summed E-state index contributed by atoms with van der Waals surface area (Å²) in [5.74, 6) is 7.94. The third kappa shape index (κ3) is 12.7. The van der Waals surface area contributed by atoms with E-state index in [-0.39, 0.29) is 24.2 Å². The largest absolute Gasteiger partial charge is 0.400 e. The first-order valence-electron chi connectivity index (χ1n) is 33.2. The zero-order valence-corrected chi connectivity index (χ0v) is 52.8. The first kappa shape index (κ1) is 64.4. The summed E-state index contributed by atoms with van der Waals surface area (Å²) >= 11 is 0. The van der Waals surface area contributed by atoms with Gasteiger partial charge >= 0.3 is 0 Å². The minimum atomic E-state index is -3.61. The van der Waals surface area contributed by atoms with Crippen LogP contribution in [0.15, 0.2) is 58.5 Å². The van der Waals surface area contributed by atoms with E-state index in [0.29, 0.717) is 64.6 Å². The van der Waals surface area contributed by atoms with Crippen molar-refractivity contribution in [2.45, 2.75) is 295 Å². The van der Waals surface area contributed by atoms with E-state index >= 15 is 0 Å². The van der Waals surface area contributed by atoms with Gasteiger partial charge in [-0.2, -0.15) is 0 Å². The van der Waals surface area contributed by atoms with Gasteiger partial charge in [-0.05, 0) is 291 Å². The topological polar surface area (TPSA) is 135 Å². The van der Waals surface area contributed by atoms with Gasteiger partial charge in [0.25, 0.3) is 0 Å². The predicted octanol–water partition coefficient (Wildman–Crippen LogP) is 16.8. The highest BCUT2D eigenvalue weighted by molar-refractivity contribution is 7.92. The van der Waals surface area contributed by atoms with Crippen molar-refractivity contribution in [2.75, 3.05) is 7.11 Å². The van der Waals surface area contributed by atoms with Gasteiger partial charge < -0.3 is 25.5 Å². The maximum atomic E-state index is 14.5. The molecule has 11 rings (SSSR count). The molecule has 0 spiro atoms. The monoisotopic (exact) mass is 1130 g/mol. The van der Waals surface area contributed by atoms with Crippen molar-refractivity contribution in [3.8, 4) is 0 Å². The second-order valence-corrected chi connectivity index (χ2v) is 34.1. The number of aliphatic hydroxyl groups is 5. The fraction of sp³-hybridized carbons (Fsp3) is 0.861. The number of hydrogen-bond donors (Lipinski definition) is 5. The third-order valence-corrected chi connectivity index (χ3v) is 29.1. The van der Waals surface area contributed by atoms with E-state index in [1.807, 2.05) is 18.2 Å². The van der Waals surface area contributed by atoms with Crippen LogP contribution in [0.1, 0.15) is 263 Å². The molecule has 1 aromatic rings. The van der Waals surface area contributed by atoms with Crippen molar-refractivity contribution < 1.29 is 34.0 Å². The molecule has 7 nitrogen and oxygen atoms in total. The molecule has 8 heteroatoms. The van der Waals surface area contributed by atoms with Crippen molar-refractivity contribution in [1.82, 2.24) is 0 Å². The van der Waals surface area contributed by atoms with Crippen LogP contribution >= 0.6 is 0 Å². The smallest absolute Gasteiger partial charge is 0.181 e. The number of allylic oxidation sites excluding steroid dienone is 2. The highest BCUT2D eigenvalue weighted by Crippen LogP contribution is 2.67. The maximum absolute atomic E-state index is 14.5. The number of sulfone groups is 1. The lowest BCUT2D eigenvalue weighted by Crippen LogP contribution is -2.50. The van der Waals surface area contributed by atoms with Crippen molar-refractivity contribution in [1.29, 1.82) is 0 Å². The molecule has 0 amide bonds. The minimum absolute atomic E-state index is 0. The van der Waals surface area contributed by atoms with Crippen LogP contribution in [0.25, 0.3) is 0 Å². The lowest BCUT2D eigenvalue weighted by atomic mass is 9.50. The normalized spacial score (nSPS) is 41.1. The Morgan fingerprint density at radius 1 is 0.525 bits per heavy atom. The number of rotatable bonds is 12. The van der Waals surface area contributed by atoms with Crippen LogP contribution in [0.4, 0.5) is 0 Å². The van der Waals surface area contributed by atoms with Crippen molar-refractivity contribution in [2.24, 2.45) is 92.7 Å². The fourth-order valence-corrected chi connectivity index (χ4v) is 23.3. The van der Waals surface area contributed by atoms with Crippen LogP contribution in [0.2, 0.25) is 0 Å². The number of aliphatic hydroxyl groups excluding tert-OH is 1. The maximum Gasteiger partial charge on any atom is 0.181 e. The Bertz CT molecular complexity index is 2390. The Balaban J connectivity index is 0.000000206. The third-order valence-electron chi connectivity index (χ3n) is 26.7. The highest BCUT2D eigenvalue weighted by atomic mass is 32.2. The van der Waals surface area contributed by atoms with E-state index in [0.717, 1.165) is 133 Å². The number of benzene rings is 1. The van der Waals surface area contributed by atoms with Gasteiger partial charge in [-0.15, -0.1) is 0 Å². The minimum Gasteiger partial charge on any atom is -0.400 e. The Hall–Kier alpha value is -1.55. The van der Waals surface area contributed by atoms with E-state index in [1.54, 1.807) is 17.7 Å². The Labute approximate surface area is 490 Å². The van der Waals surface area contributed by atoms with Crippen molar-refractivity contribution in [3.63, 3.8) is 0 Å². The average Bonchev–Trinajstić information content (AvgIpc) is 4.11. The summed E-state index contributed by atoms with van der Waals surface area (Å²) in [7, 11) is -2.61. The van der Waals surface area contributed by atoms with Crippen LogP contribution < -0.4 is 0 Å². The van der Waals surface area contributed by atoms with Crippen LogP contribution in [-0.4, -0.2) is 68.7 Å². The molecule has 80 heavy (non-hydrogen) atoms. The summed E-state index contributed by atoms with van der Waals surface area (Å²) in [5, 5.41) is 51.6. The molecule has 5 N–H and O–H groups in total.